The van der Waals surface area contributed by atoms with Gasteiger partial charge in [0.2, 0.25) is 0 Å². The molecule has 0 bridgehead atoms. The highest BCUT2D eigenvalue weighted by Crippen LogP contribution is 2.19. The number of ether oxygens (including phenoxy) is 1. The number of carbonyl (C=O) groups is 2. The second-order valence-electron chi connectivity index (χ2n) is 4.69. The fourth-order valence-corrected chi connectivity index (χ4v) is 1.99. The van der Waals surface area contributed by atoms with Gasteiger partial charge in [0.05, 0.1) is 0 Å². The maximum absolute atomic E-state index is 12.0. The number of rotatable bonds is 6. The molecule has 2 atom stereocenters. The van der Waals surface area contributed by atoms with Crippen LogP contribution in [0.15, 0.2) is 60.7 Å². The van der Waals surface area contributed by atoms with E-state index < -0.39 is 17.9 Å². The van der Waals surface area contributed by atoms with Gasteiger partial charge in [0.25, 0.3) is 0 Å². The van der Waals surface area contributed by atoms with E-state index in [0.29, 0.717) is 6.29 Å². The minimum Gasteiger partial charge on any atom is -0.460 e. The summed E-state index contributed by atoms with van der Waals surface area (Å²) in [5, 5.41) is 0. The fourth-order valence-electron chi connectivity index (χ4n) is 1.99. The molecule has 0 aromatic heterocycles. The summed E-state index contributed by atoms with van der Waals surface area (Å²) in [6.45, 7) is 0.130. The zero-order valence-corrected chi connectivity index (χ0v) is 11.5. The van der Waals surface area contributed by atoms with Crippen LogP contribution >= 0.6 is 0 Å². The molecule has 2 aromatic carbocycles. The van der Waals surface area contributed by atoms with E-state index in [-0.39, 0.29) is 6.61 Å². The van der Waals surface area contributed by atoms with Gasteiger partial charge >= 0.3 is 5.97 Å². The molecule has 2 unspecified atom stereocenters. The van der Waals surface area contributed by atoms with E-state index >= 15 is 0 Å². The van der Waals surface area contributed by atoms with Gasteiger partial charge in [0, 0.05) is 6.04 Å². The predicted octanol–water partition coefficient (Wildman–Crippen LogP) is 2.24. The van der Waals surface area contributed by atoms with Gasteiger partial charge in [-0.25, -0.2) is 0 Å². The normalized spacial score (nSPS) is 13.2. The number of nitrogens with two attached hydrogens (primary N) is 1. The lowest BCUT2D eigenvalue weighted by molar-refractivity contribution is -0.151. The molecule has 4 nitrogen and oxygen atoms in total. The summed E-state index contributed by atoms with van der Waals surface area (Å²) in [6.07, 6.45) is 0.547. The van der Waals surface area contributed by atoms with Gasteiger partial charge in [-0.05, 0) is 11.1 Å². The lowest BCUT2D eigenvalue weighted by Crippen LogP contribution is -2.31. The highest BCUT2D eigenvalue weighted by atomic mass is 16.5. The van der Waals surface area contributed by atoms with Crippen molar-refractivity contribution in [3.05, 3.63) is 71.8 Å². The van der Waals surface area contributed by atoms with Gasteiger partial charge in [-0.15, -0.1) is 0 Å². The van der Waals surface area contributed by atoms with Gasteiger partial charge in [-0.3, -0.25) is 4.79 Å². The number of esters is 1. The largest absolute Gasteiger partial charge is 0.460 e. The van der Waals surface area contributed by atoms with E-state index in [1.807, 2.05) is 48.5 Å². The van der Waals surface area contributed by atoms with Crippen molar-refractivity contribution in [1.82, 2.24) is 0 Å². The van der Waals surface area contributed by atoms with Gasteiger partial charge in [0.1, 0.15) is 18.8 Å². The van der Waals surface area contributed by atoms with Crippen LogP contribution in [0, 0.1) is 5.92 Å². The number of benzene rings is 2. The van der Waals surface area contributed by atoms with Crippen LogP contribution in [0.3, 0.4) is 0 Å². The first-order valence-corrected chi connectivity index (χ1v) is 6.68. The lowest BCUT2D eigenvalue weighted by Gasteiger charge is -2.18. The van der Waals surface area contributed by atoms with Crippen molar-refractivity contribution < 1.29 is 14.3 Å². The number of aldehydes is 1. The first-order valence-electron chi connectivity index (χ1n) is 6.68. The molecule has 0 heterocycles. The van der Waals surface area contributed by atoms with Crippen molar-refractivity contribution >= 4 is 12.3 Å². The van der Waals surface area contributed by atoms with E-state index in [1.165, 1.54) is 0 Å². The molecule has 0 fully saturated rings. The number of hydrogen-bond acceptors (Lipinski definition) is 4. The summed E-state index contributed by atoms with van der Waals surface area (Å²) in [7, 11) is 0. The van der Waals surface area contributed by atoms with Crippen molar-refractivity contribution in [2.75, 3.05) is 0 Å². The molecule has 0 aliphatic rings. The monoisotopic (exact) mass is 283 g/mol. The minimum absolute atomic E-state index is 0.130. The quantitative estimate of drug-likeness (QED) is 0.501. The zero-order chi connectivity index (χ0) is 15.1. The Labute approximate surface area is 123 Å². The van der Waals surface area contributed by atoms with Gasteiger partial charge in [-0.1, -0.05) is 60.7 Å². The Bertz CT molecular complexity index is 583. The molecule has 2 rings (SSSR count). The summed E-state index contributed by atoms with van der Waals surface area (Å²) in [5.74, 6) is -1.61. The van der Waals surface area contributed by atoms with Crippen molar-refractivity contribution in [2.24, 2.45) is 11.7 Å². The Morgan fingerprint density at radius 1 is 1.05 bits per heavy atom. The Morgan fingerprint density at radius 3 is 2.19 bits per heavy atom. The third kappa shape index (κ3) is 4.00. The number of carbonyl (C=O) groups excluding carboxylic acids is 2. The van der Waals surface area contributed by atoms with Crippen LogP contribution in [0.25, 0.3) is 0 Å². The molecule has 4 heteroatoms. The highest BCUT2D eigenvalue weighted by Gasteiger charge is 2.27. The van der Waals surface area contributed by atoms with Gasteiger partial charge in [0.15, 0.2) is 0 Å². The standard InChI is InChI=1S/C17H17NO3/c18-16(14-9-5-2-6-10-14)15(11-19)17(20)21-12-13-7-3-1-4-8-13/h1-11,15-16H,12,18H2. The molecular weight excluding hydrogens is 266 g/mol. The van der Waals surface area contributed by atoms with E-state index in [0.717, 1.165) is 11.1 Å². The van der Waals surface area contributed by atoms with E-state index in [2.05, 4.69) is 0 Å². The molecule has 0 aliphatic carbocycles. The van der Waals surface area contributed by atoms with Gasteiger partial charge < -0.3 is 15.3 Å². The van der Waals surface area contributed by atoms with Crippen LogP contribution in [-0.2, 0) is 20.9 Å². The SMILES string of the molecule is NC(c1ccccc1)C(C=O)C(=O)OCc1ccccc1. The fraction of sp³-hybridized carbons (Fsp3) is 0.176. The molecule has 0 spiro atoms. The van der Waals surface area contributed by atoms with Crippen molar-refractivity contribution in [1.29, 1.82) is 0 Å². The first kappa shape index (κ1) is 14.9. The number of hydrogen-bond donors (Lipinski definition) is 1. The van der Waals surface area contributed by atoms with Crippen LogP contribution in [0.4, 0.5) is 0 Å². The smallest absolute Gasteiger partial charge is 0.318 e. The van der Waals surface area contributed by atoms with Crippen LogP contribution in [0.5, 0.6) is 0 Å². The molecule has 2 aromatic rings. The Morgan fingerprint density at radius 2 is 1.62 bits per heavy atom. The average molecular weight is 283 g/mol. The van der Waals surface area contributed by atoms with E-state index in [4.69, 9.17) is 10.5 Å². The second-order valence-corrected chi connectivity index (χ2v) is 4.69. The minimum atomic E-state index is -1.00. The predicted molar refractivity (Wildman–Crippen MR) is 79.2 cm³/mol. The van der Waals surface area contributed by atoms with Crippen LogP contribution < -0.4 is 5.73 Å². The van der Waals surface area contributed by atoms with Crippen LogP contribution in [0.2, 0.25) is 0 Å². The zero-order valence-electron chi connectivity index (χ0n) is 11.5. The Kier molecular flexibility index (Phi) is 5.23. The summed E-state index contributed by atoms with van der Waals surface area (Å²) in [5.41, 5.74) is 7.58. The molecule has 0 saturated carbocycles. The molecule has 0 aliphatic heterocycles. The average Bonchev–Trinajstić information content (AvgIpc) is 2.55. The first-order chi connectivity index (χ1) is 10.2. The van der Waals surface area contributed by atoms with Crippen molar-refractivity contribution in [3.8, 4) is 0 Å². The van der Waals surface area contributed by atoms with E-state index in [1.54, 1.807) is 12.1 Å². The van der Waals surface area contributed by atoms with Crippen LogP contribution in [-0.4, -0.2) is 12.3 Å². The van der Waals surface area contributed by atoms with Gasteiger partial charge in [-0.2, -0.15) is 0 Å². The Hall–Kier alpha value is -2.46. The summed E-state index contributed by atoms with van der Waals surface area (Å²) >= 11 is 0. The molecular formula is C17H17NO3. The molecule has 21 heavy (non-hydrogen) atoms. The maximum Gasteiger partial charge on any atom is 0.318 e. The maximum atomic E-state index is 12.0. The summed E-state index contributed by atoms with van der Waals surface area (Å²) < 4.78 is 5.17. The molecule has 0 saturated heterocycles. The van der Waals surface area contributed by atoms with Crippen molar-refractivity contribution in [2.45, 2.75) is 12.6 Å². The molecule has 108 valence electrons. The Balaban J connectivity index is 2.00. The van der Waals surface area contributed by atoms with Crippen LogP contribution in [0.1, 0.15) is 17.2 Å². The third-order valence-corrected chi connectivity index (χ3v) is 3.21. The molecule has 0 radical (unpaired) electrons. The molecule has 2 N–H and O–H groups in total. The van der Waals surface area contributed by atoms with E-state index in [9.17, 15) is 9.59 Å². The summed E-state index contributed by atoms with van der Waals surface area (Å²) in [6, 6.07) is 17.6. The lowest BCUT2D eigenvalue weighted by atomic mass is 9.95. The summed E-state index contributed by atoms with van der Waals surface area (Å²) in [4.78, 5) is 23.2. The highest BCUT2D eigenvalue weighted by molar-refractivity contribution is 5.88. The second kappa shape index (κ2) is 7.36. The molecule has 0 amide bonds. The topological polar surface area (TPSA) is 69.4 Å². The third-order valence-electron chi connectivity index (χ3n) is 3.21. The van der Waals surface area contributed by atoms with Crippen molar-refractivity contribution in [3.63, 3.8) is 0 Å².